The van der Waals surface area contributed by atoms with Crippen molar-refractivity contribution in [3.63, 3.8) is 0 Å². The first kappa shape index (κ1) is 35.0. The van der Waals surface area contributed by atoms with Gasteiger partial charge in [0, 0.05) is 55.4 Å². The van der Waals surface area contributed by atoms with Crippen molar-refractivity contribution in [2.24, 2.45) is 0 Å². The number of benzene rings is 7. The van der Waals surface area contributed by atoms with Crippen LogP contribution in [-0.4, -0.2) is 19.9 Å². The van der Waals surface area contributed by atoms with Gasteiger partial charge in [-0.15, -0.1) is 0 Å². The molecule has 11 aromatic rings. The molecule has 0 spiro atoms. The summed E-state index contributed by atoms with van der Waals surface area (Å²) in [4.78, 5) is 25.4. The minimum Gasteiger partial charge on any atom is -0.295 e. The van der Waals surface area contributed by atoms with E-state index in [9.17, 15) is 0 Å². The highest BCUT2D eigenvalue weighted by Gasteiger charge is 2.17. The van der Waals surface area contributed by atoms with E-state index in [1.54, 1.807) is 0 Å². The molecule has 0 atom stereocenters. The molecule has 282 valence electrons. The minimum atomic E-state index is 0.829. The van der Waals surface area contributed by atoms with Gasteiger partial charge < -0.3 is 0 Å². The zero-order valence-electron chi connectivity index (χ0n) is 32.5. The number of para-hydroxylation sites is 4. The minimum absolute atomic E-state index is 0.829. The third kappa shape index (κ3) is 6.42. The lowest BCUT2D eigenvalue weighted by atomic mass is 10.0. The van der Waals surface area contributed by atoms with Crippen molar-refractivity contribution >= 4 is 78.0 Å². The molecule has 0 unspecified atom stereocenters. The van der Waals surface area contributed by atoms with Crippen molar-refractivity contribution in [1.82, 2.24) is 19.9 Å². The highest BCUT2D eigenvalue weighted by atomic mass is 15.2. The van der Waals surface area contributed by atoms with E-state index in [1.807, 2.05) is 24.3 Å². The molecule has 0 N–H and O–H groups in total. The van der Waals surface area contributed by atoms with Gasteiger partial charge in [-0.3, -0.25) is 9.80 Å². The van der Waals surface area contributed by atoms with Gasteiger partial charge in [-0.25, -0.2) is 19.9 Å². The lowest BCUT2D eigenvalue weighted by molar-refractivity contribution is 1.21. The van der Waals surface area contributed by atoms with Gasteiger partial charge in [-0.1, -0.05) is 133 Å². The molecule has 11 rings (SSSR count). The number of hydrogen-bond donors (Lipinski definition) is 0. The summed E-state index contributed by atoms with van der Waals surface area (Å²) in [7, 11) is 0. The molecular weight excluding hydrogens is 733 g/mol. The fourth-order valence-corrected chi connectivity index (χ4v) is 8.03. The molecule has 6 nitrogen and oxygen atoms in total. The van der Waals surface area contributed by atoms with Crippen LogP contribution in [-0.2, 0) is 0 Å². The standard InChI is InChI=1S/C54H36N6/c1-5-13-43(14-6-1)59(44-15-7-2-8-16-44)49-35-31-41-27-25-39-29-33-47(55-51(39)53(41)57-49)37-21-23-38(24-22-37)48-34-30-40-26-28-42-32-36-50(58-54(42)52(40)56-48)60(45-17-9-3-10-18-45)46-19-11-4-12-20-46/h1-36H. The third-order valence-electron chi connectivity index (χ3n) is 11.0. The van der Waals surface area contributed by atoms with Gasteiger partial charge in [0.2, 0.25) is 0 Å². The van der Waals surface area contributed by atoms with Gasteiger partial charge >= 0.3 is 0 Å². The number of pyridine rings is 4. The second kappa shape index (κ2) is 14.9. The smallest absolute Gasteiger partial charge is 0.138 e. The average molecular weight is 769 g/mol. The molecule has 0 amide bonds. The second-order valence-electron chi connectivity index (χ2n) is 14.7. The Bertz CT molecular complexity index is 3000. The molecule has 0 aliphatic rings. The summed E-state index contributed by atoms with van der Waals surface area (Å²) in [5, 5.41) is 4.16. The van der Waals surface area contributed by atoms with E-state index in [2.05, 4.69) is 204 Å². The first-order valence-corrected chi connectivity index (χ1v) is 20.1. The van der Waals surface area contributed by atoms with Gasteiger partial charge in [0.25, 0.3) is 0 Å². The number of hydrogen-bond acceptors (Lipinski definition) is 6. The van der Waals surface area contributed by atoms with Crippen LogP contribution < -0.4 is 9.80 Å². The Hall–Kier alpha value is -8.22. The average Bonchev–Trinajstić information content (AvgIpc) is 3.33. The summed E-state index contributed by atoms with van der Waals surface area (Å²) < 4.78 is 0. The van der Waals surface area contributed by atoms with E-state index >= 15 is 0 Å². The molecule has 0 saturated carbocycles. The predicted molar refractivity (Wildman–Crippen MR) is 248 cm³/mol. The van der Waals surface area contributed by atoms with E-state index in [-0.39, 0.29) is 0 Å². The zero-order valence-corrected chi connectivity index (χ0v) is 32.5. The van der Waals surface area contributed by atoms with Crippen LogP contribution >= 0.6 is 0 Å². The van der Waals surface area contributed by atoms with E-state index < -0.39 is 0 Å². The Morgan fingerprint density at radius 2 is 0.500 bits per heavy atom. The van der Waals surface area contributed by atoms with E-state index in [4.69, 9.17) is 19.9 Å². The van der Waals surface area contributed by atoms with Crippen LogP contribution in [0.4, 0.5) is 34.4 Å². The van der Waals surface area contributed by atoms with Crippen LogP contribution in [0.3, 0.4) is 0 Å². The number of rotatable bonds is 8. The van der Waals surface area contributed by atoms with Gasteiger partial charge in [0.15, 0.2) is 0 Å². The molecule has 60 heavy (non-hydrogen) atoms. The Morgan fingerprint density at radius 1 is 0.233 bits per heavy atom. The topological polar surface area (TPSA) is 58.0 Å². The van der Waals surface area contributed by atoms with Crippen molar-refractivity contribution in [2.75, 3.05) is 9.80 Å². The molecule has 0 saturated heterocycles. The number of aromatic nitrogens is 4. The van der Waals surface area contributed by atoms with E-state index in [1.165, 1.54) is 0 Å². The van der Waals surface area contributed by atoms with Crippen molar-refractivity contribution in [1.29, 1.82) is 0 Å². The maximum atomic E-state index is 5.28. The summed E-state index contributed by atoms with van der Waals surface area (Å²) in [6.07, 6.45) is 0. The molecule has 4 heterocycles. The van der Waals surface area contributed by atoms with Crippen LogP contribution in [0.25, 0.3) is 66.1 Å². The van der Waals surface area contributed by atoms with Crippen LogP contribution in [0.1, 0.15) is 0 Å². The zero-order chi connectivity index (χ0) is 39.8. The second-order valence-corrected chi connectivity index (χ2v) is 14.7. The lowest BCUT2D eigenvalue weighted by Gasteiger charge is -2.24. The Kier molecular flexibility index (Phi) is 8.71. The molecule has 4 aromatic heterocycles. The summed E-state index contributed by atoms with van der Waals surface area (Å²) in [5.41, 5.74) is 11.4. The molecule has 0 bridgehead atoms. The molecule has 7 aromatic carbocycles. The van der Waals surface area contributed by atoms with Gasteiger partial charge in [-0.05, 0) is 84.9 Å². The van der Waals surface area contributed by atoms with Crippen LogP contribution in [0.15, 0.2) is 218 Å². The highest BCUT2D eigenvalue weighted by Crippen LogP contribution is 2.37. The Labute approximate surface area is 347 Å². The van der Waals surface area contributed by atoms with Crippen molar-refractivity contribution in [2.45, 2.75) is 0 Å². The van der Waals surface area contributed by atoms with Crippen molar-refractivity contribution in [3.8, 4) is 22.5 Å². The highest BCUT2D eigenvalue weighted by molar-refractivity contribution is 6.05. The summed E-state index contributed by atoms with van der Waals surface area (Å²) >= 11 is 0. The predicted octanol–water partition coefficient (Wildman–Crippen LogP) is 14.2. The van der Waals surface area contributed by atoms with Crippen molar-refractivity contribution < 1.29 is 0 Å². The number of nitrogens with zero attached hydrogens (tertiary/aromatic N) is 6. The number of anilines is 6. The monoisotopic (exact) mass is 768 g/mol. The molecular formula is C54H36N6. The quantitative estimate of drug-likeness (QED) is 0.144. The normalized spacial score (nSPS) is 11.3. The fourth-order valence-electron chi connectivity index (χ4n) is 8.03. The summed E-state index contributed by atoms with van der Waals surface area (Å²) in [6, 6.07) is 75.3. The molecule has 0 aliphatic heterocycles. The maximum absolute atomic E-state index is 5.28. The molecule has 0 aliphatic carbocycles. The lowest BCUT2D eigenvalue weighted by Crippen LogP contribution is -2.11. The van der Waals surface area contributed by atoms with Crippen LogP contribution in [0, 0.1) is 0 Å². The fraction of sp³-hybridized carbons (Fsp3) is 0. The van der Waals surface area contributed by atoms with Crippen LogP contribution in [0.5, 0.6) is 0 Å². The maximum Gasteiger partial charge on any atom is 0.138 e. The van der Waals surface area contributed by atoms with E-state index in [0.717, 1.165) is 101 Å². The Morgan fingerprint density at radius 3 is 0.817 bits per heavy atom. The SMILES string of the molecule is c1ccc(N(c2ccccc2)c2ccc3ccc4ccc(-c5ccc(-c6ccc7ccc8ccc(N(c9ccccc9)c9ccccc9)nc8c7n6)cc5)nc4c3n2)cc1. The van der Waals surface area contributed by atoms with Gasteiger partial charge in [0.1, 0.15) is 11.6 Å². The summed E-state index contributed by atoms with van der Waals surface area (Å²) in [5.74, 6) is 1.66. The van der Waals surface area contributed by atoms with Gasteiger partial charge in [-0.2, -0.15) is 0 Å². The van der Waals surface area contributed by atoms with E-state index in [0.29, 0.717) is 0 Å². The van der Waals surface area contributed by atoms with Gasteiger partial charge in [0.05, 0.1) is 33.5 Å². The van der Waals surface area contributed by atoms with Crippen molar-refractivity contribution in [3.05, 3.63) is 218 Å². The molecule has 0 radical (unpaired) electrons. The Balaban J connectivity index is 0.956. The third-order valence-corrected chi connectivity index (χ3v) is 11.0. The molecule has 6 heteroatoms. The first-order chi connectivity index (χ1) is 29.7. The molecule has 0 fully saturated rings. The first-order valence-electron chi connectivity index (χ1n) is 20.1. The number of fused-ring (bicyclic) bond motifs is 6. The summed E-state index contributed by atoms with van der Waals surface area (Å²) in [6.45, 7) is 0. The van der Waals surface area contributed by atoms with Crippen LogP contribution in [0.2, 0.25) is 0 Å². The largest absolute Gasteiger partial charge is 0.295 e.